The first-order chi connectivity index (χ1) is 8.58. The van der Waals surface area contributed by atoms with Gasteiger partial charge in [0.2, 0.25) is 0 Å². The molecule has 7 nitrogen and oxygen atoms in total. The molecule has 0 saturated carbocycles. The molecule has 0 aliphatic rings. The zero-order valence-electron chi connectivity index (χ0n) is 9.50. The molecule has 0 unspecified atom stereocenters. The highest BCUT2D eigenvalue weighted by Crippen LogP contribution is 2.25. The van der Waals surface area contributed by atoms with Gasteiger partial charge in [0.25, 0.3) is 5.69 Å². The van der Waals surface area contributed by atoms with Gasteiger partial charge in [0.1, 0.15) is 11.5 Å². The molecule has 1 aromatic carbocycles. The van der Waals surface area contributed by atoms with E-state index in [1.807, 2.05) is 0 Å². The molecule has 94 valence electrons. The summed E-state index contributed by atoms with van der Waals surface area (Å²) in [6.45, 7) is 0.272. The molecule has 2 aromatic rings. The molecule has 0 radical (unpaired) electrons. The van der Waals surface area contributed by atoms with Crippen molar-refractivity contribution in [3.63, 3.8) is 0 Å². The highest BCUT2D eigenvalue weighted by atomic mass is 19.1. The number of nitrogens with one attached hydrogen (secondary N) is 1. The zero-order chi connectivity index (χ0) is 13.1. The molecule has 0 aliphatic heterocycles. The van der Waals surface area contributed by atoms with Crippen molar-refractivity contribution < 1.29 is 9.31 Å². The van der Waals surface area contributed by atoms with E-state index in [1.165, 1.54) is 10.9 Å². The van der Waals surface area contributed by atoms with E-state index in [2.05, 4.69) is 15.6 Å². The number of rotatable bonds is 4. The second-order valence-corrected chi connectivity index (χ2v) is 3.62. The Morgan fingerprint density at radius 2 is 2.33 bits per heavy atom. The van der Waals surface area contributed by atoms with Gasteiger partial charge in [-0.2, -0.15) is 0 Å². The second kappa shape index (κ2) is 4.78. The van der Waals surface area contributed by atoms with Gasteiger partial charge in [-0.1, -0.05) is 5.21 Å². The Morgan fingerprint density at radius 1 is 1.56 bits per heavy atom. The minimum absolute atomic E-state index is 0.126. The molecule has 18 heavy (non-hydrogen) atoms. The fourth-order valence-corrected chi connectivity index (χ4v) is 1.47. The molecule has 2 rings (SSSR count). The van der Waals surface area contributed by atoms with Crippen molar-refractivity contribution >= 4 is 11.4 Å². The van der Waals surface area contributed by atoms with Crippen LogP contribution in [-0.4, -0.2) is 19.9 Å². The lowest BCUT2D eigenvalue weighted by Crippen LogP contribution is -2.07. The molecule has 1 N–H and O–H groups in total. The van der Waals surface area contributed by atoms with Crippen molar-refractivity contribution in [1.29, 1.82) is 0 Å². The van der Waals surface area contributed by atoms with Gasteiger partial charge < -0.3 is 5.32 Å². The number of aromatic nitrogens is 3. The lowest BCUT2D eigenvalue weighted by molar-refractivity contribution is -0.384. The molecule has 0 fully saturated rings. The Morgan fingerprint density at radius 3 is 2.94 bits per heavy atom. The SMILES string of the molecule is Cn1nncc1CNc1cc(F)ccc1[N+](=O)[O-]. The largest absolute Gasteiger partial charge is 0.374 e. The maximum atomic E-state index is 13.1. The van der Waals surface area contributed by atoms with Crippen LogP contribution in [0.3, 0.4) is 0 Å². The lowest BCUT2D eigenvalue weighted by Gasteiger charge is -2.06. The summed E-state index contributed by atoms with van der Waals surface area (Å²) in [6, 6.07) is 3.26. The van der Waals surface area contributed by atoms with E-state index in [4.69, 9.17) is 0 Å². The maximum Gasteiger partial charge on any atom is 0.292 e. The minimum Gasteiger partial charge on any atom is -0.374 e. The first-order valence-electron chi connectivity index (χ1n) is 5.09. The Labute approximate surface area is 101 Å². The topological polar surface area (TPSA) is 85.9 Å². The Bertz CT molecular complexity index is 583. The van der Waals surface area contributed by atoms with Crippen LogP contribution in [0.5, 0.6) is 0 Å². The van der Waals surface area contributed by atoms with Gasteiger partial charge in [0.05, 0.1) is 23.4 Å². The van der Waals surface area contributed by atoms with E-state index in [0.717, 1.165) is 23.9 Å². The number of benzene rings is 1. The number of nitro benzene ring substituents is 1. The molecule has 0 saturated heterocycles. The van der Waals surface area contributed by atoms with Crippen LogP contribution in [0.15, 0.2) is 24.4 Å². The molecule has 0 aliphatic carbocycles. The highest BCUT2D eigenvalue weighted by molar-refractivity contribution is 5.61. The van der Waals surface area contributed by atoms with E-state index in [9.17, 15) is 14.5 Å². The van der Waals surface area contributed by atoms with E-state index < -0.39 is 10.7 Å². The standard InChI is InChI=1S/C10H10FN5O2/c1-15-8(6-13-14-15)5-12-9-4-7(11)2-3-10(9)16(17)18/h2-4,6,12H,5H2,1H3. The molecule has 0 spiro atoms. The molecule has 0 amide bonds. The van der Waals surface area contributed by atoms with Gasteiger partial charge in [-0.15, -0.1) is 5.10 Å². The van der Waals surface area contributed by atoms with Crippen LogP contribution in [0.4, 0.5) is 15.8 Å². The van der Waals surface area contributed by atoms with Gasteiger partial charge in [0, 0.05) is 19.2 Å². The normalized spacial score (nSPS) is 10.3. The van der Waals surface area contributed by atoms with Gasteiger partial charge >= 0.3 is 0 Å². The third-order valence-corrected chi connectivity index (χ3v) is 2.42. The van der Waals surface area contributed by atoms with E-state index in [0.29, 0.717) is 0 Å². The average molecular weight is 251 g/mol. The van der Waals surface area contributed by atoms with Crippen LogP contribution in [0, 0.1) is 15.9 Å². The Hall–Kier alpha value is -2.51. The average Bonchev–Trinajstić information content (AvgIpc) is 2.72. The quantitative estimate of drug-likeness (QED) is 0.657. The van der Waals surface area contributed by atoms with Gasteiger partial charge in [-0.25, -0.2) is 4.39 Å². The van der Waals surface area contributed by atoms with Crippen LogP contribution in [0.1, 0.15) is 5.69 Å². The molecule has 1 aromatic heterocycles. The molecule has 8 heteroatoms. The third kappa shape index (κ3) is 2.42. The number of hydrogen-bond acceptors (Lipinski definition) is 5. The summed E-state index contributed by atoms with van der Waals surface area (Å²) in [6.07, 6.45) is 1.53. The Balaban J connectivity index is 2.20. The predicted molar refractivity (Wildman–Crippen MR) is 61.4 cm³/mol. The van der Waals surface area contributed by atoms with Crippen molar-refractivity contribution in [2.45, 2.75) is 6.54 Å². The van der Waals surface area contributed by atoms with E-state index >= 15 is 0 Å². The second-order valence-electron chi connectivity index (χ2n) is 3.62. The van der Waals surface area contributed by atoms with Crippen LogP contribution in [0.25, 0.3) is 0 Å². The van der Waals surface area contributed by atoms with Gasteiger partial charge in [-0.3, -0.25) is 14.8 Å². The number of nitro groups is 1. The third-order valence-electron chi connectivity index (χ3n) is 2.42. The molecule has 0 bridgehead atoms. The van der Waals surface area contributed by atoms with Crippen LogP contribution < -0.4 is 5.32 Å². The summed E-state index contributed by atoms with van der Waals surface area (Å²) in [4.78, 5) is 10.2. The van der Waals surface area contributed by atoms with Gasteiger partial charge in [0.15, 0.2) is 0 Å². The van der Waals surface area contributed by atoms with Crippen molar-refractivity contribution in [3.05, 3.63) is 46.0 Å². The first-order valence-corrected chi connectivity index (χ1v) is 5.09. The highest BCUT2D eigenvalue weighted by Gasteiger charge is 2.14. The zero-order valence-corrected chi connectivity index (χ0v) is 9.50. The maximum absolute atomic E-state index is 13.1. The lowest BCUT2D eigenvalue weighted by atomic mass is 10.2. The van der Waals surface area contributed by atoms with Crippen LogP contribution in [-0.2, 0) is 13.6 Å². The van der Waals surface area contributed by atoms with Crippen molar-refractivity contribution in [1.82, 2.24) is 15.0 Å². The molecule has 0 atom stereocenters. The number of aryl methyl sites for hydroxylation is 1. The number of halogens is 1. The molecular weight excluding hydrogens is 241 g/mol. The summed E-state index contributed by atoms with van der Waals surface area (Å²) in [5.74, 6) is -0.536. The summed E-state index contributed by atoms with van der Waals surface area (Å²) in [5.41, 5.74) is 0.682. The fraction of sp³-hybridized carbons (Fsp3) is 0.200. The minimum atomic E-state index is -0.566. The first kappa shape index (κ1) is 12.0. The summed E-state index contributed by atoms with van der Waals surface area (Å²) >= 11 is 0. The van der Waals surface area contributed by atoms with Crippen molar-refractivity contribution in [3.8, 4) is 0 Å². The van der Waals surface area contributed by atoms with E-state index in [1.54, 1.807) is 7.05 Å². The van der Waals surface area contributed by atoms with Gasteiger partial charge in [-0.05, 0) is 6.07 Å². The van der Waals surface area contributed by atoms with Crippen LogP contribution >= 0.6 is 0 Å². The summed E-state index contributed by atoms with van der Waals surface area (Å²) in [5, 5.41) is 21.0. The molecule has 1 heterocycles. The predicted octanol–water partition coefficient (Wildman–Crippen LogP) is 1.47. The van der Waals surface area contributed by atoms with Crippen molar-refractivity contribution in [2.24, 2.45) is 7.05 Å². The van der Waals surface area contributed by atoms with Crippen molar-refractivity contribution in [2.75, 3.05) is 5.32 Å². The number of hydrogen-bond donors (Lipinski definition) is 1. The molecular formula is C10H10FN5O2. The smallest absolute Gasteiger partial charge is 0.292 e. The summed E-state index contributed by atoms with van der Waals surface area (Å²) < 4.78 is 14.6. The summed E-state index contributed by atoms with van der Waals surface area (Å²) in [7, 11) is 1.70. The fourth-order valence-electron chi connectivity index (χ4n) is 1.47. The monoisotopic (exact) mass is 251 g/mol. The van der Waals surface area contributed by atoms with E-state index in [-0.39, 0.29) is 17.9 Å². The van der Waals surface area contributed by atoms with Crippen LogP contribution in [0.2, 0.25) is 0 Å². The number of nitrogens with zero attached hydrogens (tertiary/aromatic N) is 4. The number of anilines is 1. The Kier molecular flexibility index (Phi) is 3.18.